The van der Waals surface area contributed by atoms with E-state index >= 15 is 0 Å². The van der Waals surface area contributed by atoms with Crippen molar-refractivity contribution in [3.8, 4) is 0 Å². The average Bonchev–Trinajstić information content (AvgIpc) is 2.90. The van der Waals surface area contributed by atoms with E-state index in [4.69, 9.17) is 0 Å². The van der Waals surface area contributed by atoms with E-state index in [1.165, 1.54) is 26.9 Å². The zero-order valence-corrected chi connectivity index (χ0v) is 11.2. The molecule has 92 valence electrons. The lowest BCUT2D eigenvalue weighted by Crippen LogP contribution is -1.97. The van der Waals surface area contributed by atoms with E-state index in [0.717, 1.165) is 6.42 Å². The maximum Gasteiger partial charge on any atom is 0.0618 e. The van der Waals surface area contributed by atoms with Gasteiger partial charge in [-0.05, 0) is 29.5 Å². The van der Waals surface area contributed by atoms with Crippen molar-refractivity contribution in [2.45, 2.75) is 16.6 Å². The van der Waals surface area contributed by atoms with Crippen LogP contribution in [0.5, 0.6) is 0 Å². The van der Waals surface area contributed by atoms with Crippen molar-refractivity contribution in [3.63, 3.8) is 0 Å². The molecule has 1 aliphatic heterocycles. The fraction of sp³-hybridized carbons (Fsp3) is 0.118. The highest BCUT2D eigenvalue weighted by molar-refractivity contribution is 7.99. The molecule has 2 aromatic carbocycles. The minimum Gasteiger partial charge on any atom is -0.259 e. The van der Waals surface area contributed by atoms with Gasteiger partial charge < -0.3 is 0 Å². The standard InChI is InChI=1S/C17H13NS/c1-3-7-14-12(5-1)9-10-18-17(14)16-11-13-6-2-4-8-15(13)19-16/h1-10,16H,11H2. The summed E-state index contributed by atoms with van der Waals surface area (Å²) in [4.78, 5) is 6.06. The summed E-state index contributed by atoms with van der Waals surface area (Å²) in [6.45, 7) is 0. The molecule has 0 radical (unpaired) electrons. The fourth-order valence-electron chi connectivity index (χ4n) is 2.73. The number of hydrogen-bond acceptors (Lipinski definition) is 2. The summed E-state index contributed by atoms with van der Waals surface area (Å²) in [6.07, 6.45) is 3.02. The maximum atomic E-state index is 4.65. The Balaban J connectivity index is 1.81. The predicted molar refractivity (Wildman–Crippen MR) is 80.5 cm³/mol. The molecule has 0 N–H and O–H groups in total. The van der Waals surface area contributed by atoms with Crippen molar-refractivity contribution in [1.82, 2.24) is 4.98 Å². The number of rotatable bonds is 1. The van der Waals surface area contributed by atoms with Crippen molar-refractivity contribution >= 4 is 22.5 Å². The predicted octanol–water partition coefficient (Wildman–Crippen LogP) is 4.62. The summed E-state index contributed by atoms with van der Waals surface area (Å²) >= 11 is 1.94. The lowest BCUT2D eigenvalue weighted by Gasteiger charge is -2.11. The molecule has 19 heavy (non-hydrogen) atoms. The molecule has 0 amide bonds. The molecule has 1 aromatic heterocycles. The van der Waals surface area contributed by atoms with Crippen LogP contribution in [-0.2, 0) is 6.42 Å². The normalized spacial score (nSPS) is 17.6. The van der Waals surface area contributed by atoms with E-state index in [9.17, 15) is 0 Å². The van der Waals surface area contributed by atoms with Gasteiger partial charge in [-0.25, -0.2) is 0 Å². The Hall–Kier alpha value is -1.80. The minimum absolute atomic E-state index is 0.448. The van der Waals surface area contributed by atoms with Crippen LogP contribution >= 0.6 is 11.8 Å². The van der Waals surface area contributed by atoms with Crippen LogP contribution in [0.4, 0.5) is 0 Å². The molecular weight excluding hydrogens is 250 g/mol. The van der Waals surface area contributed by atoms with E-state index in [2.05, 4.69) is 59.6 Å². The van der Waals surface area contributed by atoms with Crippen LogP contribution < -0.4 is 0 Å². The lowest BCUT2D eigenvalue weighted by atomic mass is 10.0. The fourth-order valence-corrected chi connectivity index (χ4v) is 4.06. The highest BCUT2D eigenvalue weighted by Gasteiger charge is 2.25. The highest BCUT2D eigenvalue weighted by atomic mass is 32.2. The molecule has 0 saturated carbocycles. The number of hydrogen-bond donors (Lipinski definition) is 0. The van der Waals surface area contributed by atoms with Crippen LogP contribution in [0, 0.1) is 0 Å². The minimum atomic E-state index is 0.448. The van der Waals surface area contributed by atoms with Gasteiger partial charge in [-0.15, -0.1) is 11.8 Å². The molecule has 0 aliphatic carbocycles. The molecule has 1 nitrogen and oxygen atoms in total. The van der Waals surface area contributed by atoms with Crippen molar-refractivity contribution in [2.75, 3.05) is 0 Å². The third-order valence-corrected chi connectivity index (χ3v) is 4.98. The van der Waals surface area contributed by atoms with Crippen LogP contribution in [0.25, 0.3) is 10.8 Å². The van der Waals surface area contributed by atoms with Gasteiger partial charge in [-0.3, -0.25) is 4.98 Å². The van der Waals surface area contributed by atoms with E-state index in [1.807, 2.05) is 18.0 Å². The van der Waals surface area contributed by atoms with Crippen molar-refractivity contribution in [3.05, 3.63) is 72.1 Å². The van der Waals surface area contributed by atoms with E-state index < -0.39 is 0 Å². The Morgan fingerprint density at radius 3 is 2.74 bits per heavy atom. The summed E-state index contributed by atoms with van der Waals surface area (Å²) in [6, 6.07) is 19.3. The quantitative estimate of drug-likeness (QED) is 0.635. The first-order chi connectivity index (χ1) is 9.42. The molecule has 1 atom stereocenters. The summed E-state index contributed by atoms with van der Waals surface area (Å²) in [5, 5.41) is 3.02. The zero-order chi connectivity index (χ0) is 12.7. The van der Waals surface area contributed by atoms with Crippen LogP contribution in [0.15, 0.2) is 65.7 Å². The van der Waals surface area contributed by atoms with Gasteiger partial charge in [0.1, 0.15) is 0 Å². The Labute approximate surface area is 116 Å². The maximum absolute atomic E-state index is 4.65. The van der Waals surface area contributed by atoms with Crippen molar-refractivity contribution < 1.29 is 0 Å². The molecular formula is C17H13NS. The number of thioether (sulfide) groups is 1. The van der Waals surface area contributed by atoms with Crippen LogP contribution in [0.3, 0.4) is 0 Å². The summed E-state index contributed by atoms with van der Waals surface area (Å²) < 4.78 is 0. The number of aromatic nitrogens is 1. The van der Waals surface area contributed by atoms with Gasteiger partial charge in [0, 0.05) is 16.5 Å². The Morgan fingerprint density at radius 2 is 1.79 bits per heavy atom. The van der Waals surface area contributed by atoms with Crippen LogP contribution in [0.1, 0.15) is 16.5 Å². The molecule has 1 aliphatic rings. The van der Waals surface area contributed by atoms with E-state index in [-0.39, 0.29) is 0 Å². The lowest BCUT2D eigenvalue weighted by molar-refractivity contribution is 0.916. The third kappa shape index (κ3) is 1.83. The summed E-state index contributed by atoms with van der Waals surface area (Å²) in [7, 11) is 0. The first kappa shape index (κ1) is 11.1. The van der Waals surface area contributed by atoms with Gasteiger partial charge in [-0.2, -0.15) is 0 Å². The van der Waals surface area contributed by atoms with Gasteiger partial charge >= 0.3 is 0 Å². The smallest absolute Gasteiger partial charge is 0.0618 e. The molecule has 2 heterocycles. The molecule has 2 heteroatoms. The number of fused-ring (bicyclic) bond motifs is 2. The first-order valence-corrected chi connectivity index (χ1v) is 7.38. The number of nitrogens with zero attached hydrogens (tertiary/aromatic N) is 1. The molecule has 0 saturated heterocycles. The second-order valence-corrected chi connectivity index (χ2v) is 6.08. The SMILES string of the molecule is c1ccc2c(c1)CC(c1nccc3ccccc13)S2. The second kappa shape index (κ2) is 4.39. The van der Waals surface area contributed by atoms with Crippen LogP contribution in [0.2, 0.25) is 0 Å². The van der Waals surface area contributed by atoms with Gasteiger partial charge in [0.25, 0.3) is 0 Å². The van der Waals surface area contributed by atoms with Gasteiger partial charge in [-0.1, -0.05) is 42.5 Å². The second-order valence-electron chi connectivity index (χ2n) is 4.84. The molecule has 4 rings (SSSR count). The molecule has 3 aromatic rings. The molecule has 0 fully saturated rings. The Kier molecular flexibility index (Phi) is 2.56. The van der Waals surface area contributed by atoms with Crippen molar-refractivity contribution in [1.29, 1.82) is 0 Å². The van der Waals surface area contributed by atoms with Crippen molar-refractivity contribution in [2.24, 2.45) is 0 Å². The van der Waals surface area contributed by atoms with E-state index in [0.29, 0.717) is 5.25 Å². The average molecular weight is 263 g/mol. The molecule has 0 bridgehead atoms. The monoisotopic (exact) mass is 263 g/mol. The summed E-state index contributed by atoms with van der Waals surface area (Å²) in [5.41, 5.74) is 2.67. The van der Waals surface area contributed by atoms with Crippen LogP contribution in [-0.4, -0.2) is 4.98 Å². The molecule has 1 unspecified atom stereocenters. The topological polar surface area (TPSA) is 12.9 Å². The van der Waals surface area contributed by atoms with Gasteiger partial charge in [0.2, 0.25) is 0 Å². The Morgan fingerprint density at radius 1 is 0.947 bits per heavy atom. The third-order valence-electron chi connectivity index (χ3n) is 3.66. The summed E-state index contributed by atoms with van der Waals surface area (Å²) in [5.74, 6) is 0. The van der Waals surface area contributed by atoms with E-state index in [1.54, 1.807) is 0 Å². The molecule has 0 spiro atoms. The highest BCUT2D eigenvalue weighted by Crippen LogP contribution is 2.46. The Bertz CT molecular complexity index is 721. The van der Waals surface area contributed by atoms with Gasteiger partial charge in [0.15, 0.2) is 0 Å². The number of pyridine rings is 1. The first-order valence-electron chi connectivity index (χ1n) is 6.50. The largest absolute Gasteiger partial charge is 0.259 e. The number of benzene rings is 2. The zero-order valence-electron chi connectivity index (χ0n) is 10.4. The van der Waals surface area contributed by atoms with Gasteiger partial charge in [0.05, 0.1) is 10.9 Å².